The van der Waals surface area contributed by atoms with Crippen LogP contribution in [0.4, 0.5) is 5.69 Å². The minimum absolute atomic E-state index is 0.00468. The third-order valence-electron chi connectivity index (χ3n) is 4.59. The minimum atomic E-state index is -0.403. The molecular weight excluding hydrogens is 447 g/mol. The second-order valence-electron chi connectivity index (χ2n) is 7.58. The van der Waals surface area contributed by atoms with Gasteiger partial charge in [0.05, 0.1) is 22.9 Å². The summed E-state index contributed by atoms with van der Waals surface area (Å²) < 4.78 is 1.69. The molecule has 0 aliphatic heterocycles. The van der Waals surface area contributed by atoms with Crippen LogP contribution in [0.3, 0.4) is 0 Å². The van der Waals surface area contributed by atoms with E-state index >= 15 is 0 Å². The van der Waals surface area contributed by atoms with Crippen LogP contribution in [0.5, 0.6) is 0 Å². The molecule has 8 heteroatoms. The van der Waals surface area contributed by atoms with Crippen molar-refractivity contribution in [2.24, 2.45) is 0 Å². The first kappa shape index (κ1) is 23.6. The Labute approximate surface area is 197 Å². The highest BCUT2D eigenvalue weighted by atomic mass is 35.5. The summed E-state index contributed by atoms with van der Waals surface area (Å²) in [6.07, 6.45) is 2.98. The lowest BCUT2D eigenvalue weighted by molar-refractivity contribution is -0.111. The van der Waals surface area contributed by atoms with Gasteiger partial charge < -0.3 is 10.6 Å². The lowest BCUT2D eigenvalue weighted by atomic mass is 10.1. The second kappa shape index (κ2) is 10.5. The Morgan fingerprint density at radius 1 is 1.12 bits per heavy atom. The lowest BCUT2D eigenvalue weighted by Gasteiger charge is -2.11. The number of nitrogens with zero attached hydrogens (tertiary/aromatic N) is 2. The van der Waals surface area contributed by atoms with Crippen LogP contribution in [0.1, 0.15) is 41.0 Å². The van der Waals surface area contributed by atoms with Gasteiger partial charge in [0, 0.05) is 23.2 Å². The monoisotopic (exact) mass is 470 g/mol. The molecule has 0 atom stereocenters. The highest BCUT2D eigenvalue weighted by Crippen LogP contribution is 2.25. The van der Waals surface area contributed by atoms with Crippen molar-refractivity contribution in [3.05, 3.63) is 87.2 Å². The maximum Gasteiger partial charge on any atom is 0.251 e. The smallest absolute Gasteiger partial charge is 0.251 e. The summed E-state index contributed by atoms with van der Waals surface area (Å²) in [6, 6.07) is 14.6. The molecule has 166 valence electrons. The van der Waals surface area contributed by atoms with Gasteiger partial charge in [-0.15, -0.1) is 0 Å². The number of aromatic nitrogens is 2. The van der Waals surface area contributed by atoms with E-state index in [1.807, 2.05) is 51.1 Å². The molecule has 2 N–H and O–H groups in total. The molecule has 3 aromatic rings. The van der Waals surface area contributed by atoms with E-state index in [0.29, 0.717) is 39.2 Å². The quantitative estimate of drug-likeness (QED) is 0.457. The van der Waals surface area contributed by atoms with E-state index in [2.05, 4.69) is 15.7 Å². The number of carbonyl (C=O) groups is 2. The molecule has 32 heavy (non-hydrogen) atoms. The van der Waals surface area contributed by atoms with Crippen molar-refractivity contribution in [1.82, 2.24) is 15.1 Å². The van der Waals surface area contributed by atoms with Crippen LogP contribution in [0, 0.1) is 6.92 Å². The number of benzene rings is 2. The fourth-order valence-electron chi connectivity index (χ4n) is 3.06. The molecule has 0 fully saturated rings. The zero-order chi connectivity index (χ0) is 23.3. The standard InChI is InChI=1S/C24H24Cl2N4O2/c1-15(2)27-24(32)18-9-11-20(25)21(13-18)28-22(31)12-10-19-16(3)29-30(23(19)26)14-17-7-5-4-6-8-17/h4-13,15H,14H2,1-3H3,(H,27,32)(H,28,31)/b12-10+. The predicted molar refractivity (Wildman–Crippen MR) is 129 cm³/mol. The average Bonchev–Trinajstić information content (AvgIpc) is 3.00. The first-order valence-corrected chi connectivity index (χ1v) is 10.9. The van der Waals surface area contributed by atoms with Crippen molar-refractivity contribution in [2.75, 3.05) is 5.32 Å². The van der Waals surface area contributed by atoms with Crippen LogP contribution in [0.2, 0.25) is 10.2 Å². The Morgan fingerprint density at radius 2 is 1.84 bits per heavy atom. The summed E-state index contributed by atoms with van der Waals surface area (Å²) in [7, 11) is 0. The van der Waals surface area contributed by atoms with Crippen molar-refractivity contribution in [3.63, 3.8) is 0 Å². The summed E-state index contributed by atoms with van der Waals surface area (Å²) in [5.41, 5.74) is 3.19. The molecule has 2 amide bonds. The molecule has 1 aromatic heterocycles. The zero-order valence-corrected chi connectivity index (χ0v) is 19.5. The van der Waals surface area contributed by atoms with E-state index in [9.17, 15) is 9.59 Å². The van der Waals surface area contributed by atoms with Crippen molar-refractivity contribution in [3.8, 4) is 0 Å². The van der Waals surface area contributed by atoms with Crippen LogP contribution >= 0.6 is 23.2 Å². The maximum atomic E-state index is 12.5. The zero-order valence-electron chi connectivity index (χ0n) is 18.0. The van der Waals surface area contributed by atoms with E-state index in [4.69, 9.17) is 23.2 Å². The number of aryl methyl sites for hydroxylation is 1. The third kappa shape index (κ3) is 5.99. The number of carbonyl (C=O) groups excluding carboxylic acids is 2. The van der Waals surface area contributed by atoms with E-state index in [1.54, 1.807) is 29.0 Å². The Bertz CT molecular complexity index is 1150. The number of hydrogen-bond donors (Lipinski definition) is 2. The van der Waals surface area contributed by atoms with Crippen molar-refractivity contribution >= 4 is 46.8 Å². The minimum Gasteiger partial charge on any atom is -0.350 e. The number of rotatable bonds is 7. The van der Waals surface area contributed by atoms with Gasteiger partial charge in [-0.1, -0.05) is 53.5 Å². The summed E-state index contributed by atoms with van der Waals surface area (Å²) in [5.74, 6) is -0.643. The Balaban J connectivity index is 1.73. The van der Waals surface area contributed by atoms with Gasteiger partial charge in [0.25, 0.3) is 5.91 Å². The first-order valence-electron chi connectivity index (χ1n) is 10.1. The topological polar surface area (TPSA) is 76.0 Å². The number of halogens is 2. The van der Waals surface area contributed by atoms with Crippen LogP contribution < -0.4 is 10.6 Å². The van der Waals surface area contributed by atoms with Gasteiger partial charge in [-0.3, -0.25) is 9.59 Å². The lowest BCUT2D eigenvalue weighted by Crippen LogP contribution is -2.30. The normalized spacial score (nSPS) is 11.2. The fraction of sp³-hybridized carbons (Fsp3) is 0.208. The SMILES string of the molecule is Cc1nn(Cc2ccccc2)c(Cl)c1/C=C/C(=O)Nc1cc(C(=O)NC(C)C)ccc1Cl. The summed E-state index contributed by atoms with van der Waals surface area (Å²) >= 11 is 12.7. The fourth-order valence-corrected chi connectivity index (χ4v) is 3.52. The molecular formula is C24H24Cl2N4O2. The van der Waals surface area contributed by atoms with Gasteiger partial charge in [0.1, 0.15) is 5.15 Å². The van der Waals surface area contributed by atoms with Crippen LogP contribution in [-0.2, 0) is 11.3 Å². The molecule has 0 saturated heterocycles. The highest BCUT2D eigenvalue weighted by Gasteiger charge is 2.13. The summed E-state index contributed by atoms with van der Waals surface area (Å²) in [5, 5.41) is 10.8. The molecule has 0 bridgehead atoms. The molecule has 0 unspecified atom stereocenters. The van der Waals surface area contributed by atoms with Crippen molar-refractivity contribution < 1.29 is 9.59 Å². The molecule has 0 radical (unpaired) electrons. The molecule has 0 spiro atoms. The number of nitrogens with one attached hydrogen (secondary N) is 2. The molecule has 6 nitrogen and oxygen atoms in total. The van der Waals surface area contributed by atoms with Crippen molar-refractivity contribution in [1.29, 1.82) is 0 Å². The van der Waals surface area contributed by atoms with E-state index in [1.165, 1.54) is 6.08 Å². The van der Waals surface area contributed by atoms with E-state index < -0.39 is 5.91 Å². The molecule has 3 rings (SSSR count). The third-order valence-corrected chi connectivity index (χ3v) is 5.32. The number of anilines is 1. The van der Waals surface area contributed by atoms with Crippen LogP contribution in [0.25, 0.3) is 6.08 Å². The van der Waals surface area contributed by atoms with Gasteiger partial charge in [-0.2, -0.15) is 5.10 Å². The van der Waals surface area contributed by atoms with E-state index in [0.717, 1.165) is 5.56 Å². The molecule has 1 heterocycles. The number of amides is 2. The van der Waals surface area contributed by atoms with Gasteiger partial charge in [0.2, 0.25) is 5.91 Å². The average molecular weight is 471 g/mol. The van der Waals surface area contributed by atoms with Crippen molar-refractivity contribution in [2.45, 2.75) is 33.4 Å². The molecule has 0 saturated carbocycles. The Morgan fingerprint density at radius 3 is 2.53 bits per heavy atom. The molecule has 0 aliphatic rings. The summed E-state index contributed by atoms with van der Waals surface area (Å²) in [4.78, 5) is 24.7. The Hall–Kier alpha value is -3.09. The summed E-state index contributed by atoms with van der Waals surface area (Å²) in [6.45, 7) is 6.10. The first-order chi connectivity index (χ1) is 15.2. The van der Waals surface area contributed by atoms with Crippen LogP contribution in [0.15, 0.2) is 54.6 Å². The molecule has 2 aromatic carbocycles. The second-order valence-corrected chi connectivity index (χ2v) is 8.34. The molecule has 0 aliphatic carbocycles. The maximum absolute atomic E-state index is 12.5. The predicted octanol–water partition coefficient (Wildman–Crippen LogP) is 5.34. The van der Waals surface area contributed by atoms with Gasteiger partial charge >= 0.3 is 0 Å². The van der Waals surface area contributed by atoms with E-state index in [-0.39, 0.29) is 11.9 Å². The van der Waals surface area contributed by atoms with Gasteiger partial charge in [-0.25, -0.2) is 4.68 Å². The van der Waals surface area contributed by atoms with Gasteiger partial charge in [-0.05, 0) is 50.6 Å². The van der Waals surface area contributed by atoms with Crippen LogP contribution in [-0.4, -0.2) is 27.6 Å². The largest absolute Gasteiger partial charge is 0.350 e. The highest BCUT2D eigenvalue weighted by molar-refractivity contribution is 6.34. The number of hydrogen-bond acceptors (Lipinski definition) is 3. The van der Waals surface area contributed by atoms with Gasteiger partial charge in [0.15, 0.2) is 0 Å². The Kier molecular flexibility index (Phi) is 7.72.